The summed E-state index contributed by atoms with van der Waals surface area (Å²) in [6.45, 7) is 0. The second-order valence-electron chi connectivity index (χ2n) is 2.61. The second-order valence-corrected chi connectivity index (χ2v) is 5.81. The summed E-state index contributed by atoms with van der Waals surface area (Å²) in [5.74, 6) is -0.705. The van der Waals surface area contributed by atoms with Crippen molar-refractivity contribution in [2.45, 2.75) is 0 Å². The van der Waals surface area contributed by atoms with Crippen LogP contribution in [0.25, 0.3) is 0 Å². The first-order chi connectivity index (χ1) is 6.27. The summed E-state index contributed by atoms with van der Waals surface area (Å²) >= 11 is -2.36. The fraction of sp³-hybridized carbons (Fsp3) is 0. The zero-order valence-electron chi connectivity index (χ0n) is 6.24. The van der Waals surface area contributed by atoms with Gasteiger partial charge in [0.05, 0.1) is 0 Å². The number of carbonyl (C=O) groups is 2. The van der Waals surface area contributed by atoms with Crippen LogP contribution >= 0.6 is 20.6 Å². The van der Waals surface area contributed by atoms with Crippen molar-refractivity contribution in [1.29, 1.82) is 0 Å². The van der Waals surface area contributed by atoms with Crippen molar-refractivity contribution in [3.63, 3.8) is 0 Å². The number of hydrogen-bond donors (Lipinski definition) is 0. The van der Waals surface area contributed by atoms with Gasteiger partial charge in [0.1, 0.15) is 0 Å². The molecule has 0 aromatic heterocycles. The Labute approximate surface area is 81.3 Å². The predicted molar refractivity (Wildman–Crippen MR) is 50.0 cm³/mol. The van der Waals surface area contributed by atoms with Crippen molar-refractivity contribution < 1.29 is 15.7 Å². The van der Waals surface area contributed by atoms with Gasteiger partial charge < -0.3 is 0 Å². The van der Waals surface area contributed by atoms with Crippen LogP contribution in [-0.2, 0) is 6.13 Å². The zero-order chi connectivity index (χ0) is 9.00. The molecule has 2 aliphatic heterocycles. The third-order valence-corrected chi connectivity index (χ3v) is 5.52. The average Bonchev–Trinajstić information content (AvgIpc) is 2.59. The summed E-state index contributed by atoms with van der Waals surface area (Å²) in [6, 6.07) is 5.00. The van der Waals surface area contributed by atoms with Gasteiger partial charge in [-0.3, -0.25) is 0 Å². The summed E-state index contributed by atoms with van der Waals surface area (Å²) < 4.78 is 10.7. The molecule has 2 aliphatic rings. The number of halogens is 1. The molecule has 0 amide bonds. The Morgan fingerprint density at radius 2 is 1.54 bits per heavy atom. The van der Waals surface area contributed by atoms with Gasteiger partial charge in [0.2, 0.25) is 0 Å². The first-order valence-corrected chi connectivity index (χ1v) is 6.40. The van der Waals surface area contributed by atoms with Crippen LogP contribution < -0.4 is 0 Å². The summed E-state index contributed by atoms with van der Waals surface area (Å²) in [6.07, 6.45) is 0. The maximum absolute atomic E-state index is 11.2. The monoisotopic (exact) mass is 290 g/mol. The molecule has 0 aliphatic carbocycles. The molecule has 0 unspecified atom stereocenters. The molecule has 0 saturated carbocycles. The van der Waals surface area contributed by atoms with E-state index in [0.717, 1.165) is 3.57 Å². The van der Waals surface area contributed by atoms with Crippen molar-refractivity contribution in [2.24, 2.45) is 0 Å². The van der Waals surface area contributed by atoms with Gasteiger partial charge in [-0.15, -0.1) is 0 Å². The van der Waals surface area contributed by atoms with Gasteiger partial charge in [-0.05, 0) is 0 Å². The van der Waals surface area contributed by atoms with Crippen molar-refractivity contribution in [2.75, 3.05) is 0 Å². The molecule has 0 bridgehead atoms. The Morgan fingerprint density at radius 1 is 1.00 bits per heavy atom. The number of benzene rings is 1. The third-order valence-electron chi connectivity index (χ3n) is 1.87. The second kappa shape index (κ2) is 2.22. The Morgan fingerprint density at radius 3 is 2.08 bits per heavy atom. The van der Waals surface area contributed by atoms with Gasteiger partial charge in [-0.2, -0.15) is 0 Å². The van der Waals surface area contributed by atoms with Gasteiger partial charge in [0.25, 0.3) is 0 Å². The molecule has 0 fully saturated rings. The van der Waals surface area contributed by atoms with Gasteiger partial charge in [-0.1, -0.05) is 0 Å². The van der Waals surface area contributed by atoms with Crippen LogP contribution in [0, 0.1) is 3.57 Å². The van der Waals surface area contributed by atoms with Crippen LogP contribution in [0.5, 0.6) is 0 Å². The predicted octanol–water partition coefficient (Wildman–Crippen LogP) is 1.53. The summed E-state index contributed by atoms with van der Waals surface area (Å²) in [4.78, 5) is 22.4. The van der Waals surface area contributed by atoms with Crippen LogP contribution in [0.4, 0.5) is 0 Å². The maximum atomic E-state index is 11.2. The van der Waals surface area contributed by atoms with E-state index in [1.165, 1.54) is 0 Å². The molecule has 5 heteroatoms. The Bertz CT molecular complexity index is 404. The molecular formula is C8H3IO4. The van der Waals surface area contributed by atoms with Crippen molar-refractivity contribution in [3.05, 3.63) is 32.9 Å². The molecule has 0 spiro atoms. The molecule has 0 N–H and O–H groups in total. The van der Waals surface area contributed by atoms with Gasteiger partial charge >= 0.3 is 81.2 Å². The van der Waals surface area contributed by atoms with Crippen LogP contribution in [-0.4, -0.2) is 11.9 Å². The molecule has 0 saturated heterocycles. The Hall–Kier alpha value is -1.11. The van der Waals surface area contributed by atoms with Crippen molar-refractivity contribution in [3.8, 4) is 0 Å². The minimum atomic E-state index is -2.36. The van der Waals surface area contributed by atoms with Crippen LogP contribution in [0.1, 0.15) is 20.7 Å². The van der Waals surface area contributed by atoms with E-state index in [4.69, 9.17) is 6.13 Å². The Balaban J connectivity index is 2.37. The number of rotatable bonds is 0. The fourth-order valence-electron chi connectivity index (χ4n) is 1.32. The van der Waals surface area contributed by atoms with Crippen LogP contribution in [0.2, 0.25) is 0 Å². The van der Waals surface area contributed by atoms with E-state index in [2.05, 4.69) is 0 Å². The normalized spacial score (nSPS) is 19.8. The van der Waals surface area contributed by atoms with Gasteiger partial charge in [0, 0.05) is 0 Å². The quantitative estimate of drug-likeness (QED) is 0.680. The molecule has 66 valence electrons. The third kappa shape index (κ3) is 0.796. The number of hydrogen-bond acceptors (Lipinski definition) is 4. The minimum absolute atomic E-state index is 0.352. The standard InChI is InChI=1S/C8H3IO4/c10-7-4-2-1-3-5-6(4)9(12-7)13-8(5)11/h1-3H. The summed E-state index contributed by atoms with van der Waals surface area (Å²) in [5, 5.41) is 0. The van der Waals surface area contributed by atoms with E-state index in [1.807, 2.05) is 0 Å². The molecule has 2 heterocycles. The molecule has 13 heavy (non-hydrogen) atoms. The zero-order valence-corrected chi connectivity index (χ0v) is 8.40. The first kappa shape index (κ1) is 7.31. The van der Waals surface area contributed by atoms with Crippen molar-refractivity contribution in [1.82, 2.24) is 0 Å². The number of carbonyl (C=O) groups excluding carboxylic acids is 2. The van der Waals surface area contributed by atoms with Gasteiger partial charge in [-0.25, -0.2) is 0 Å². The molecule has 0 atom stereocenters. The van der Waals surface area contributed by atoms with E-state index in [0.29, 0.717) is 11.1 Å². The molecule has 4 nitrogen and oxygen atoms in total. The van der Waals surface area contributed by atoms with E-state index in [-0.39, 0.29) is 11.9 Å². The van der Waals surface area contributed by atoms with E-state index in [9.17, 15) is 9.59 Å². The fourth-order valence-corrected chi connectivity index (χ4v) is 4.80. The van der Waals surface area contributed by atoms with Crippen LogP contribution in [0.3, 0.4) is 0 Å². The topological polar surface area (TPSA) is 52.6 Å². The SMILES string of the molecule is O=C1OI2OC(=O)c3cccc1c32. The Kier molecular flexibility index (Phi) is 1.25. The molecule has 0 radical (unpaired) electrons. The first-order valence-electron chi connectivity index (χ1n) is 3.56. The van der Waals surface area contributed by atoms with Crippen LogP contribution in [0.15, 0.2) is 18.2 Å². The van der Waals surface area contributed by atoms with E-state index >= 15 is 0 Å². The average molecular weight is 290 g/mol. The van der Waals surface area contributed by atoms with Gasteiger partial charge in [0.15, 0.2) is 0 Å². The molecule has 1 aromatic carbocycles. The summed E-state index contributed by atoms with van der Waals surface area (Å²) in [5.41, 5.74) is 1.02. The molecule has 3 rings (SSSR count). The summed E-state index contributed by atoms with van der Waals surface area (Å²) in [7, 11) is 0. The molecular weight excluding hydrogens is 287 g/mol. The van der Waals surface area contributed by atoms with Crippen molar-refractivity contribution >= 4 is 32.6 Å². The van der Waals surface area contributed by atoms with E-state index < -0.39 is 20.6 Å². The van der Waals surface area contributed by atoms with E-state index in [1.54, 1.807) is 18.2 Å². The molecule has 1 aromatic rings.